The number of ether oxygens (including phenoxy) is 2. The van der Waals surface area contributed by atoms with Crippen molar-refractivity contribution in [1.29, 1.82) is 0 Å². The zero-order valence-corrected chi connectivity index (χ0v) is 19.4. The van der Waals surface area contributed by atoms with Gasteiger partial charge in [-0.25, -0.2) is 0 Å². The summed E-state index contributed by atoms with van der Waals surface area (Å²) in [6.07, 6.45) is 5.54. The number of amidine groups is 1. The van der Waals surface area contributed by atoms with Crippen LogP contribution in [0.4, 0.5) is 5.69 Å². The number of hydrogen-bond donors (Lipinski definition) is 2. The number of anilines is 1. The second-order valence-electron chi connectivity index (χ2n) is 9.15. The van der Waals surface area contributed by atoms with Crippen LogP contribution in [0, 0.1) is 0 Å². The van der Waals surface area contributed by atoms with Crippen molar-refractivity contribution in [2.75, 3.05) is 32.6 Å². The third-order valence-electron chi connectivity index (χ3n) is 7.17. The zero-order valence-electron chi connectivity index (χ0n) is 19.4. The fraction of sp³-hybridized carbons (Fsp3) is 0.462. The smallest absolute Gasteiger partial charge is 0.257 e. The molecule has 1 aliphatic carbocycles. The molecule has 1 atom stereocenters. The molecule has 0 bridgehead atoms. The number of nitrogens with zero attached hydrogens (tertiary/aromatic N) is 2. The Morgan fingerprint density at radius 1 is 1.09 bits per heavy atom. The van der Waals surface area contributed by atoms with E-state index in [1.165, 1.54) is 18.4 Å². The highest BCUT2D eigenvalue weighted by Crippen LogP contribution is 2.35. The Bertz CT molecular complexity index is 1060. The van der Waals surface area contributed by atoms with E-state index in [-0.39, 0.29) is 5.91 Å². The third-order valence-corrected chi connectivity index (χ3v) is 7.17. The molecule has 2 aromatic carbocycles. The molecule has 0 radical (unpaired) electrons. The molecule has 0 aromatic heterocycles. The summed E-state index contributed by atoms with van der Waals surface area (Å²) in [5.41, 5.74) is 2.43. The van der Waals surface area contributed by atoms with Gasteiger partial charge in [0.15, 0.2) is 11.5 Å². The highest BCUT2D eigenvalue weighted by molar-refractivity contribution is 6.05. The summed E-state index contributed by atoms with van der Waals surface area (Å²) in [6, 6.07) is 14.2. The molecule has 2 N–H and O–H groups in total. The molecule has 7 heteroatoms. The molecule has 7 nitrogen and oxygen atoms in total. The van der Waals surface area contributed by atoms with Crippen LogP contribution in [0.25, 0.3) is 0 Å². The van der Waals surface area contributed by atoms with Gasteiger partial charge in [-0.3, -0.25) is 15.1 Å². The van der Waals surface area contributed by atoms with Crippen LogP contribution in [0.1, 0.15) is 48.0 Å². The van der Waals surface area contributed by atoms with Crippen molar-refractivity contribution in [2.45, 2.75) is 50.2 Å². The van der Waals surface area contributed by atoms with Crippen LogP contribution in [-0.2, 0) is 6.54 Å². The van der Waals surface area contributed by atoms with Gasteiger partial charge in [0.1, 0.15) is 5.84 Å². The number of likely N-dealkylation sites (tertiary alicyclic amines) is 1. The van der Waals surface area contributed by atoms with Gasteiger partial charge in [-0.2, -0.15) is 0 Å². The molecular weight excluding hydrogens is 416 g/mol. The predicted molar refractivity (Wildman–Crippen MR) is 129 cm³/mol. The summed E-state index contributed by atoms with van der Waals surface area (Å²) in [4.78, 5) is 20.7. The third kappa shape index (κ3) is 4.06. The summed E-state index contributed by atoms with van der Waals surface area (Å²) in [5, 5.41) is 7.45. The van der Waals surface area contributed by atoms with E-state index in [1.54, 1.807) is 26.4 Å². The van der Waals surface area contributed by atoms with Gasteiger partial charge < -0.3 is 19.7 Å². The van der Waals surface area contributed by atoms with Crippen molar-refractivity contribution in [3.63, 3.8) is 0 Å². The minimum atomic E-state index is -0.399. The lowest BCUT2D eigenvalue weighted by Crippen LogP contribution is -2.55. The monoisotopic (exact) mass is 448 g/mol. The first kappa shape index (κ1) is 21.8. The van der Waals surface area contributed by atoms with E-state index in [0.29, 0.717) is 36.2 Å². The highest BCUT2D eigenvalue weighted by Gasteiger charge is 2.46. The Balaban J connectivity index is 1.46. The van der Waals surface area contributed by atoms with Crippen molar-refractivity contribution in [3.8, 4) is 11.5 Å². The molecule has 2 aromatic rings. The summed E-state index contributed by atoms with van der Waals surface area (Å²) >= 11 is 0. The van der Waals surface area contributed by atoms with E-state index in [4.69, 9.17) is 14.5 Å². The largest absolute Gasteiger partial charge is 0.493 e. The summed E-state index contributed by atoms with van der Waals surface area (Å²) in [6.45, 7) is 1.93. The van der Waals surface area contributed by atoms with Crippen molar-refractivity contribution in [1.82, 2.24) is 10.2 Å². The first-order valence-electron chi connectivity index (χ1n) is 11.8. The lowest BCUT2D eigenvalue weighted by atomic mass is 9.96. The number of para-hydroxylation sites is 2. The molecule has 1 amide bonds. The van der Waals surface area contributed by atoms with Gasteiger partial charge >= 0.3 is 0 Å². The first-order valence-corrected chi connectivity index (χ1v) is 11.8. The van der Waals surface area contributed by atoms with Crippen LogP contribution in [0.3, 0.4) is 0 Å². The quantitative estimate of drug-likeness (QED) is 0.743. The molecule has 1 saturated heterocycles. The van der Waals surface area contributed by atoms with Gasteiger partial charge in [0.2, 0.25) is 0 Å². The minimum absolute atomic E-state index is 0.0496. The van der Waals surface area contributed by atoms with Crippen molar-refractivity contribution in [2.24, 2.45) is 4.99 Å². The normalized spacial score (nSPS) is 23.9. The number of aliphatic imine (C=N–C) groups is 1. The van der Waals surface area contributed by atoms with Crippen molar-refractivity contribution < 1.29 is 14.3 Å². The van der Waals surface area contributed by atoms with Crippen LogP contribution in [0.5, 0.6) is 11.5 Å². The lowest BCUT2D eigenvalue weighted by molar-refractivity contribution is 0.0781. The van der Waals surface area contributed by atoms with Crippen molar-refractivity contribution >= 4 is 17.4 Å². The first-order chi connectivity index (χ1) is 16.1. The Kier molecular flexibility index (Phi) is 5.98. The van der Waals surface area contributed by atoms with Crippen LogP contribution in [0.15, 0.2) is 47.5 Å². The Morgan fingerprint density at radius 2 is 1.91 bits per heavy atom. The van der Waals surface area contributed by atoms with E-state index < -0.39 is 5.54 Å². The van der Waals surface area contributed by atoms with E-state index in [9.17, 15) is 4.79 Å². The maximum Gasteiger partial charge on any atom is 0.257 e. The number of carbonyl (C=O) groups is 1. The minimum Gasteiger partial charge on any atom is -0.493 e. The van der Waals surface area contributed by atoms with Crippen LogP contribution in [-0.4, -0.2) is 55.5 Å². The topological polar surface area (TPSA) is 75.2 Å². The molecule has 174 valence electrons. The fourth-order valence-corrected chi connectivity index (χ4v) is 5.31. The Labute approximate surface area is 195 Å². The van der Waals surface area contributed by atoms with Gasteiger partial charge in [-0.05, 0) is 43.0 Å². The molecule has 1 spiro atoms. The number of amides is 1. The molecule has 0 unspecified atom stereocenters. The summed E-state index contributed by atoms with van der Waals surface area (Å²) in [7, 11) is 3.15. The number of rotatable bonds is 4. The van der Waals surface area contributed by atoms with E-state index in [2.05, 4.69) is 34.9 Å². The van der Waals surface area contributed by atoms with E-state index in [0.717, 1.165) is 37.3 Å². The molecule has 2 heterocycles. The zero-order chi connectivity index (χ0) is 22.8. The predicted octanol–water partition coefficient (Wildman–Crippen LogP) is 3.84. The summed E-state index contributed by atoms with van der Waals surface area (Å²) in [5.74, 6) is 1.95. The molecule has 1 saturated carbocycles. The van der Waals surface area contributed by atoms with Gasteiger partial charge in [0.25, 0.3) is 5.91 Å². The van der Waals surface area contributed by atoms with E-state index in [1.807, 2.05) is 11.0 Å². The van der Waals surface area contributed by atoms with E-state index >= 15 is 0 Å². The number of carbonyl (C=O) groups excluding carboxylic acids is 1. The maximum atomic E-state index is 13.6. The molecule has 2 aliphatic heterocycles. The van der Waals surface area contributed by atoms with Gasteiger partial charge in [-0.1, -0.05) is 37.1 Å². The van der Waals surface area contributed by atoms with Crippen LogP contribution < -0.4 is 20.1 Å². The Morgan fingerprint density at radius 3 is 2.70 bits per heavy atom. The number of methoxy groups -OCH3 is 2. The molecular formula is C26H32N4O3. The SMILES string of the molecule is COc1cccc(C(=O)N2CC[C@@]3(C2)NCc2ccccc2NC3=NC2CCCC2)c1OC. The molecule has 3 aliphatic rings. The van der Waals surface area contributed by atoms with Gasteiger partial charge in [0.05, 0.1) is 31.4 Å². The summed E-state index contributed by atoms with van der Waals surface area (Å²) < 4.78 is 10.9. The Hall–Kier alpha value is -3.06. The number of nitrogens with one attached hydrogen (secondary N) is 2. The van der Waals surface area contributed by atoms with Crippen molar-refractivity contribution in [3.05, 3.63) is 53.6 Å². The average molecular weight is 449 g/mol. The van der Waals surface area contributed by atoms with Gasteiger partial charge in [-0.15, -0.1) is 0 Å². The average Bonchev–Trinajstić information content (AvgIpc) is 3.49. The molecule has 5 rings (SSSR count). The maximum absolute atomic E-state index is 13.6. The van der Waals surface area contributed by atoms with Crippen LogP contribution in [0.2, 0.25) is 0 Å². The number of benzene rings is 2. The second kappa shape index (κ2) is 9.06. The highest BCUT2D eigenvalue weighted by atomic mass is 16.5. The molecule has 33 heavy (non-hydrogen) atoms. The molecule has 2 fully saturated rings. The lowest BCUT2D eigenvalue weighted by Gasteiger charge is -2.31. The fourth-order valence-electron chi connectivity index (χ4n) is 5.31. The van der Waals surface area contributed by atoms with Gasteiger partial charge in [0, 0.05) is 25.3 Å². The van der Waals surface area contributed by atoms with Crippen LogP contribution >= 0.6 is 0 Å². The number of fused-ring (bicyclic) bond motifs is 1. The second-order valence-corrected chi connectivity index (χ2v) is 9.15. The number of hydrogen-bond acceptors (Lipinski definition) is 5. The standard InChI is InChI=1S/C26H32N4O3/c1-32-22-13-7-11-20(23(22)33-2)24(31)30-15-14-26(17-30)25(28-19-9-4-5-10-19)29-21-12-6-3-8-18(21)16-27-26/h3,6-8,11-13,19,27H,4-5,9-10,14-17H2,1-2H3,(H,28,29)/t26-/m0/s1.